The molecular weight excluding hydrogens is 460 g/mol. The number of amides is 2. The summed E-state index contributed by atoms with van der Waals surface area (Å²) in [6, 6.07) is 14.8. The second-order valence-electron chi connectivity index (χ2n) is 9.25. The fraction of sp³-hybridized carbons (Fsp3) is 0.500. The average Bonchev–Trinajstić information content (AvgIpc) is 3.59. The zero-order valence-electron chi connectivity index (χ0n) is 20.7. The highest BCUT2D eigenvalue weighted by Crippen LogP contribution is 2.21. The molecule has 0 aromatic heterocycles. The Hall–Kier alpha value is -3.10. The van der Waals surface area contributed by atoms with Gasteiger partial charge in [-0.2, -0.15) is 0 Å². The molecule has 2 amide bonds. The van der Waals surface area contributed by atoms with Crippen LogP contribution in [-0.4, -0.2) is 50.4 Å². The highest BCUT2D eigenvalue weighted by Gasteiger charge is 2.17. The van der Waals surface area contributed by atoms with Crippen molar-refractivity contribution in [2.45, 2.75) is 63.6 Å². The summed E-state index contributed by atoms with van der Waals surface area (Å²) in [6.07, 6.45) is 6.43. The molecule has 2 atom stereocenters. The van der Waals surface area contributed by atoms with Gasteiger partial charge in [-0.25, -0.2) is 0 Å². The van der Waals surface area contributed by atoms with Gasteiger partial charge in [-0.15, -0.1) is 0 Å². The van der Waals surface area contributed by atoms with Crippen LogP contribution in [0.15, 0.2) is 48.5 Å². The predicted octanol–water partition coefficient (Wildman–Crippen LogP) is 4.94. The number of anilines is 2. The Bertz CT molecular complexity index is 906. The molecular formula is C28H36N2O6. The lowest BCUT2D eigenvalue weighted by Gasteiger charge is -2.13. The van der Waals surface area contributed by atoms with Gasteiger partial charge < -0.3 is 29.6 Å². The summed E-state index contributed by atoms with van der Waals surface area (Å²) in [7, 11) is 0. The third kappa shape index (κ3) is 8.84. The predicted molar refractivity (Wildman–Crippen MR) is 138 cm³/mol. The summed E-state index contributed by atoms with van der Waals surface area (Å²) in [6.45, 7) is 2.63. The lowest BCUT2D eigenvalue weighted by atomic mass is 10.1. The number of ether oxygens (including phenoxy) is 4. The molecule has 8 nitrogen and oxygen atoms in total. The molecule has 194 valence electrons. The van der Waals surface area contributed by atoms with Crippen LogP contribution >= 0.6 is 0 Å². The largest absolute Gasteiger partial charge is 0.491 e. The van der Waals surface area contributed by atoms with E-state index in [2.05, 4.69) is 10.6 Å². The fourth-order valence-electron chi connectivity index (χ4n) is 4.28. The molecule has 2 aliphatic rings. The monoisotopic (exact) mass is 496 g/mol. The molecule has 2 aromatic rings. The molecule has 0 bridgehead atoms. The highest BCUT2D eigenvalue weighted by atomic mass is 16.5. The van der Waals surface area contributed by atoms with E-state index in [9.17, 15) is 9.59 Å². The third-order valence-corrected chi connectivity index (χ3v) is 6.21. The van der Waals surface area contributed by atoms with Crippen LogP contribution in [0.3, 0.4) is 0 Å². The van der Waals surface area contributed by atoms with Crippen molar-refractivity contribution in [1.82, 2.24) is 0 Å². The van der Waals surface area contributed by atoms with Crippen molar-refractivity contribution >= 4 is 23.2 Å². The van der Waals surface area contributed by atoms with E-state index < -0.39 is 0 Å². The first-order valence-corrected chi connectivity index (χ1v) is 12.9. The number of unbranched alkanes of at least 4 members (excludes halogenated alkanes) is 1. The molecule has 2 unspecified atom stereocenters. The maximum absolute atomic E-state index is 12.3. The van der Waals surface area contributed by atoms with E-state index in [1.807, 2.05) is 48.5 Å². The van der Waals surface area contributed by atoms with Gasteiger partial charge in [0.05, 0.1) is 12.2 Å². The molecule has 0 spiro atoms. The number of nitrogens with one attached hydrogen (secondary N) is 2. The highest BCUT2D eigenvalue weighted by molar-refractivity contribution is 5.92. The lowest BCUT2D eigenvalue weighted by Crippen LogP contribution is -2.16. The number of benzene rings is 2. The van der Waals surface area contributed by atoms with Crippen LogP contribution < -0.4 is 20.1 Å². The van der Waals surface area contributed by atoms with E-state index in [-0.39, 0.29) is 24.0 Å². The standard InChI is InChI=1S/C28H36N2O6/c31-27(29-21-7-3-9-23(17-21)35-19-25-11-5-15-33-25)13-1-2-14-28(32)30-22-8-4-10-24(18-22)36-20-26-12-6-16-34-26/h3-4,7-10,17-18,25-26H,1-2,5-6,11-16,19-20H2,(H,29,31)(H,30,32). The van der Waals surface area contributed by atoms with Gasteiger partial charge in [-0.05, 0) is 62.8 Å². The van der Waals surface area contributed by atoms with Crippen LogP contribution in [0.2, 0.25) is 0 Å². The minimum atomic E-state index is -0.0808. The van der Waals surface area contributed by atoms with Crippen molar-refractivity contribution in [3.63, 3.8) is 0 Å². The quantitative estimate of drug-likeness (QED) is 0.382. The van der Waals surface area contributed by atoms with E-state index in [0.29, 0.717) is 61.8 Å². The zero-order chi connectivity index (χ0) is 25.0. The molecule has 2 N–H and O–H groups in total. The third-order valence-electron chi connectivity index (χ3n) is 6.21. The maximum atomic E-state index is 12.3. The molecule has 2 heterocycles. The molecule has 2 fully saturated rings. The zero-order valence-corrected chi connectivity index (χ0v) is 20.7. The van der Waals surface area contributed by atoms with Crippen LogP contribution in [0, 0.1) is 0 Å². The maximum Gasteiger partial charge on any atom is 0.224 e. The van der Waals surface area contributed by atoms with E-state index >= 15 is 0 Å². The smallest absolute Gasteiger partial charge is 0.224 e. The summed E-state index contributed by atoms with van der Waals surface area (Å²) in [4.78, 5) is 24.7. The number of hydrogen-bond acceptors (Lipinski definition) is 6. The summed E-state index contributed by atoms with van der Waals surface area (Å²) in [5.74, 6) is 1.26. The Morgan fingerprint density at radius 1 is 0.750 bits per heavy atom. The Morgan fingerprint density at radius 3 is 1.64 bits per heavy atom. The Labute approximate surface area is 212 Å². The minimum Gasteiger partial charge on any atom is -0.491 e. The average molecular weight is 497 g/mol. The number of hydrogen-bond donors (Lipinski definition) is 2. The first-order valence-electron chi connectivity index (χ1n) is 12.9. The van der Waals surface area contributed by atoms with Crippen molar-refractivity contribution in [2.24, 2.45) is 0 Å². The van der Waals surface area contributed by atoms with E-state index in [0.717, 1.165) is 38.9 Å². The number of rotatable bonds is 13. The Balaban J connectivity index is 1.11. The normalized spacial score (nSPS) is 19.1. The van der Waals surface area contributed by atoms with Crippen molar-refractivity contribution in [3.8, 4) is 11.5 Å². The van der Waals surface area contributed by atoms with Crippen LogP contribution in [0.25, 0.3) is 0 Å². The molecule has 0 radical (unpaired) electrons. The van der Waals surface area contributed by atoms with E-state index in [4.69, 9.17) is 18.9 Å². The number of carbonyl (C=O) groups excluding carboxylic acids is 2. The van der Waals surface area contributed by atoms with E-state index in [1.54, 1.807) is 0 Å². The lowest BCUT2D eigenvalue weighted by molar-refractivity contribution is -0.118. The minimum absolute atomic E-state index is 0.0808. The van der Waals surface area contributed by atoms with Gasteiger partial charge in [0.25, 0.3) is 0 Å². The first kappa shape index (κ1) is 26.0. The van der Waals surface area contributed by atoms with Gasteiger partial charge in [0.15, 0.2) is 0 Å². The summed E-state index contributed by atoms with van der Waals surface area (Å²) >= 11 is 0. The fourth-order valence-corrected chi connectivity index (χ4v) is 4.28. The molecule has 2 aromatic carbocycles. The summed E-state index contributed by atoms with van der Waals surface area (Å²) in [5, 5.41) is 5.81. The van der Waals surface area contributed by atoms with Crippen LogP contribution in [0.4, 0.5) is 11.4 Å². The second-order valence-corrected chi connectivity index (χ2v) is 9.25. The topological polar surface area (TPSA) is 95.1 Å². The molecule has 36 heavy (non-hydrogen) atoms. The SMILES string of the molecule is O=C(CCCCC(=O)Nc1cccc(OCC2CCCO2)c1)Nc1cccc(OCC2CCCO2)c1. The molecule has 0 saturated carbocycles. The van der Waals surface area contributed by atoms with Gasteiger partial charge in [-0.3, -0.25) is 9.59 Å². The van der Waals surface area contributed by atoms with E-state index in [1.165, 1.54) is 0 Å². The first-order chi connectivity index (χ1) is 17.6. The molecule has 2 saturated heterocycles. The number of carbonyl (C=O) groups is 2. The van der Waals surface area contributed by atoms with Gasteiger partial charge in [0.2, 0.25) is 11.8 Å². The van der Waals surface area contributed by atoms with Crippen LogP contribution in [-0.2, 0) is 19.1 Å². The molecule has 8 heteroatoms. The van der Waals surface area contributed by atoms with Gasteiger partial charge in [-0.1, -0.05) is 12.1 Å². The Morgan fingerprint density at radius 2 is 1.22 bits per heavy atom. The molecule has 2 aliphatic heterocycles. The van der Waals surface area contributed by atoms with Gasteiger partial charge >= 0.3 is 0 Å². The van der Waals surface area contributed by atoms with Crippen molar-refractivity contribution in [2.75, 3.05) is 37.1 Å². The van der Waals surface area contributed by atoms with Gasteiger partial charge in [0.1, 0.15) is 24.7 Å². The summed E-state index contributed by atoms with van der Waals surface area (Å²) < 4.78 is 22.7. The van der Waals surface area contributed by atoms with Crippen molar-refractivity contribution < 1.29 is 28.5 Å². The van der Waals surface area contributed by atoms with Crippen molar-refractivity contribution in [1.29, 1.82) is 0 Å². The van der Waals surface area contributed by atoms with Crippen LogP contribution in [0.5, 0.6) is 11.5 Å². The van der Waals surface area contributed by atoms with Gasteiger partial charge in [0, 0.05) is 49.6 Å². The van der Waals surface area contributed by atoms with Crippen LogP contribution in [0.1, 0.15) is 51.4 Å². The second kappa shape index (κ2) is 13.8. The Kier molecular flexibility index (Phi) is 9.99. The van der Waals surface area contributed by atoms with Crippen molar-refractivity contribution in [3.05, 3.63) is 48.5 Å². The molecule has 4 rings (SSSR count). The summed E-state index contributed by atoms with van der Waals surface area (Å²) in [5.41, 5.74) is 1.40. The molecule has 0 aliphatic carbocycles.